The van der Waals surface area contributed by atoms with E-state index in [1.54, 1.807) is 0 Å². The number of fused-ring (bicyclic) bond motifs is 1. The number of benzene rings is 3. The molecule has 1 heterocycles. The van der Waals surface area contributed by atoms with Gasteiger partial charge < -0.3 is 19.9 Å². The minimum Gasteiger partial charge on any atom is -0.406 e. The van der Waals surface area contributed by atoms with Crippen molar-refractivity contribution in [1.82, 2.24) is 9.88 Å². The molecule has 0 aliphatic carbocycles. The number of amides is 2. The normalized spacial score (nSPS) is 11.4. The molecule has 2 N–H and O–H groups in total. The number of ether oxygens (including phenoxy) is 1. The maximum atomic E-state index is 12.5. The van der Waals surface area contributed by atoms with Crippen LogP contribution in [-0.2, 0) is 11.3 Å². The van der Waals surface area contributed by atoms with Crippen LogP contribution in [0.1, 0.15) is 21.5 Å². The highest BCUT2D eigenvalue weighted by atomic mass is 32.2. The largest absolute Gasteiger partial charge is 0.573 e. The van der Waals surface area contributed by atoms with E-state index in [-0.39, 0.29) is 23.3 Å². The number of aryl methyl sites for hydroxylation is 2. The molecule has 6 nitrogen and oxygen atoms in total. The first-order chi connectivity index (χ1) is 18.1. The molecule has 0 spiro atoms. The van der Waals surface area contributed by atoms with Crippen molar-refractivity contribution in [3.8, 4) is 5.75 Å². The molecule has 1 aromatic heterocycles. The monoisotopic (exact) mass is 541 g/mol. The van der Waals surface area contributed by atoms with Gasteiger partial charge in [0.2, 0.25) is 5.91 Å². The number of halogens is 3. The predicted molar refractivity (Wildman–Crippen MR) is 143 cm³/mol. The molecule has 198 valence electrons. The SMILES string of the molecule is Cc1ccc(C(=O)NCCn2cc(SCC(=O)Nc3ccc(OC(F)(F)F)cc3)c3ccccc32)cc1C. The average molecular weight is 542 g/mol. The first kappa shape index (κ1) is 27.1. The zero-order valence-electron chi connectivity index (χ0n) is 20.8. The molecule has 4 rings (SSSR count). The minimum atomic E-state index is -4.77. The summed E-state index contributed by atoms with van der Waals surface area (Å²) in [6.07, 6.45) is -2.82. The first-order valence-electron chi connectivity index (χ1n) is 11.8. The topological polar surface area (TPSA) is 72.4 Å². The van der Waals surface area contributed by atoms with E-state index in [9.17, 15) is 22.8 Å². The number of nitrogens with one attached hydrogen (secondary N) is 2. The van der Waals surface area contributed by atoms with Gasteiger partial charge in [0.1, 0.15) is 5.75 Å². The van der Waals surface area contributed by atoms with E-state index < -0.39 is 6.36 Å². The molecule has 2 amide bonds. The van der Waals surface area contributed by atoms with Crippen molar-refractivity contribution in [2.24, 2.45) is 0 Å². The maximum absolute atomic E-state index is 12.5. The van der Waals surface area contributed by atoms with E-state index in [0.29, 0.717) is 24.3 Å². The number of anilines is 1. The van der Waals surface area contributed by atoms with Gasteiger partial charge in [-0.3, -0.25) is 9.59 Å². The van der Waals surface area contributed by atoms with Crippen LogP contribution in [-0.4, -0.2) is 35.0 Å². The summed E-state index contributed by atoms with van der Waals surface area (Å²) in [5.74, 6) is -0.674. The second-order valence-electron chi connectivity index (χ2n) is 8.67. The number of carbonyl (C=O) groups is 2. The number of thioether (sulfide) groups is 1. The standard InChI is InChI=1S/C28H26F3N3O3S/c1-18-7-8-20(15-19(18)2)27(36)32-13-14-34-16-25(23-5-3-4-6-24(23)34)38-17-26(35)33-21-9-11-22(12-10-21)37-28(29,30)31/h3-12,15-16H,13-14,17H2,1-2H3,(H,32,36)(H,33,35). The molecule has 10 heteroatoms. The fourth-order valence-electron chi connectivity index (χ4n) is 3.87. The molecule has 4 aromatic rings. The van der Waals surface area contributed by atoms with Crippen molar-refractivity contribution in [2.45, 2.75) is 31.7 Å². The van der Waals surface area contributed by atoms with Gasteiger partial charge in [0, 0.05) is 46.3 Å². The summed E-state index contributed by atoms with van der Waals surface area (Å²) in [4.78, 5) is 25.9. The number of aromatic nitrogens is 1. The number of carbonyl (C=O) groups excluding carboxylic acids is 2. The number of nitrogens with zero attached hydrogens (tertiary/aromatic N) is 1. The lowest BCUT2D eigenvalue weighted by Crippen LogP contribution is -2.27. The van der Waals surface area contributed by atoms with E-state index in [4.69, 9.17) is 0 Å². The van der Waals surface area contributed by atoms with E-state index in [1.807, 2.05) is 67.1 Å². The number of rotatable bonds is 9. The number of para-hydroxylation sites is 1. The lowest BCUT2D eigenvalue weighted by Gasteiger charge is -2.10. The smallest absolute Gasteiger partial charge is 0.406 e. The fraction of sp³-hybridized carbons (Fsp3) is 0.214. The Kier molecular flexibility index (Phi) is 8.31. The summed E-state index contributed by atoms with van der Waals surface area (Å²) < 4.78 is 42.8. The Labute approximate surface area is 222 Å². The quantitative estimate of drug-likeness (QED) is 0.243. The molecule has 0 bridgehead atoms. The number of hydrogen-bond acceptors (Lipinski definition) is 4. The van der Waals surface area contributed by atoms with E-state index >= 15 is 0 Å². The molecule has 0 saturated heterocycles. The molecule has 0 aliphatic heterocycles. The van der Waals surface area contributed by atoms with Gasteiger partial charge in [-0.25, -0.2) is 0 Å². The van der Waals surface area contributed by atoms with Gasteiger partial charge in [0.25, 0.3) is 5.91 Å². The van der Waals surface area contributed by atoms with Crippen molar-refractivity contribution in [1.29, 1.82) is 0 Å². The summed E-state index contributed by atoms with van der Waals surface area (Å²) in [6.45, 7) is 4.96. The summed E-state index contributed by atoms with van der Waals surface area (Å²) in [5, 5.41) is 6.62. The summed E-state index contributed by atoms with van der Waals surface area (Å²) in [6, 6.07) is 18.4. The highest BCUT2D eigenvalue weighted by molar-refractivity contribution is 8.00. The van der Waals surface area contributed by atoms with Gasteiger partial charge in [0.05, 0.1) is 5.75 Å². The van der Waals surface area contributed by atoms with Crippen LogP contribution in [0.25, 0.3) is 10.9 Å². The van der Waals surface area contributed by atoms with Crippen LogP contribution in [0, 0.1) is 13.8 Å². The van der Waals surface area contributed by atoms with Crippen molar-refractivity contribution < 1.29 is 27.5 Å². The van der Waals surface area contributed by atoms with Gasteiger partial charge in [0.15, 0.2) is 0 Å². The molecule has 0 saturated carbocycles. The van der Waals surface area contributed by atoms with Crippen molar-refractivity contribution >= 4 is 40.2 Å². The third-order valence-electron chi connectivity index (χ3n) is 5.89. The van der Waals surface area contributed by atoms with Gasteiger partial charge in [-0.1, -0.05) is 24.3 Å². The molecule has 3 aromatic carbocycles. The van der Waals surface area contributed by atoms with Crippen molar-refractivity contribution in [2.75, 3.05) is 17.6 Å². The van der Waals surface area contributed by atoms with Crippen LogP contribution < -0.4 is 15.4 Å². The van der Waals surface area contributed by atoms with Crippen LogP contribution in [0.15, 0.2) is 77.8 Å². The summed E-state index contributed by atoms with van der Waals surface area (Å²) >= 11 is 1.36. The van der Waals surface area contributed by atoms with Gasteiger partial charge in [-0.05, 0) is 67.4 Å². The van der Waals surface area contributed by atoms with Gasteiger partial charge in [-0.15, -0.1) is 24.9 Å². The van der Waals surface area contributed by atoms with Gasteiger partial charge >= 0.3 is 6.36 Å². The molecule has 0 fully saturated rings. The highest BCUT2D eigenvalue weighted by Crippen LogP contribution is 2.30. The third-order valence-corrected chi connectivity index (χ3v) is 6.93. The Hall–Kier alpha value is -3.92. The second kappa shape index (κ2) is 11.6. The van der Waals surface area contributed by atoms with Crippen LogP contribution in [0.3, 0.4) is 0 Å². The minimum absolute atomic E-state index is 0.109. The molecular weight excluding hydrogens is 515 g/mol. The Morgan fingerprint density at radius 1 is 0.974 bits per heavy atom. The Morgan fingerprint density at radius 3 is 2.42 bits per heavy atom. The maximum Gasteiger partial charge on any atom is 0.573 e. The fourth-order valence-corrected chi connectivity index (χ4v) is 4.76. The van der Waals surface area contributed by atoms with Crippen LogP contribution in [0.5, 0.6) is 5.75 Å². The van der Waals surface area contributed by atoms with Crippen molar-refractivity contribution in [3.05, 3.63) is 89.6 Å². The molecule has 38 heavy (non-hydrogen) atoms. The van der Waals surface area contributed by atoms with Gasteiger partial charge in [-0.2, -0.15) is 0 Å². The van der Waals surface area contributed by atoms with E-state index in [0.717, 1.165) is 39.1 Å². The molecule has 0 aliphatic rings. The lowest BCUT2D eigenvalue weighted by atomic mass is 10.1. The Morgan fingerprint density at radius 2 is 1.71 bits per heavy atom. The van der Waals surface area contributed by atoms with Crippen LogP contribution in [0.2, 0.25) is 0 Å². The summed E-state index contributed by atoms with van der Waals surface area (Å²) in [7, 11) is 0. The Balaban J connectivity index is 1.34. The van der Waals surface area contributed by atoms with E-state index in [1.165, 1.54) is 23.9 Å². The molecule has 0 atom stereocenters. The van der Waals surface area contributed by atoms with Crippen LogP contribution in [0.4, 0.5) is 18.9 Å². The summed E-state index contributed by atoms with van der Waals surface area (Å²) in [5.41, 5.74) is 4.16. The zero-order chi connectivity index (χ0) is 27.3. The highest BCUT2D eigenvalue weighted by Gasteiger charge is 2.31. The number of alkyl halides is 3. The van der Waals surface area contributed by atoms with Crippen LogP contribution >= 0.6 is 11.8 Å². The third kappa shape index (κ3) is 7.10. The average Bonchev–Trinajstić information content (AvgIpc) is 3.22. The molecule has 0 unspecified atom stereocenters. The first-order valence-corrected chi connectivity index (χ1v) is 12.8. The van der Waals surface area contributed by atoms with Crippen molar-refractivity contribution in [3.63, 3.8) is 0 Å². The lowest BCUT2D eigenvalue weighted by molar-refractivity contribution is -0.274. The van der Waals surface area contributed by atoms with E-state index in [2.05, 4.69) is 15.4 Å². The number of hydrogen-bond donors (Lipinski definition) is 2. The zero-order valence-corrected chi connectivity index (χ0v) is 21.6. The second-order valence-corrected chi connectivity index (χ2v) is 9.69. The molecular formula is C28H26F3N3O3S. The molecule has 0 radical (unpaired) electrons. The Bertz CT molecular complexity index is 1450. The predicted octanol–water partition coefficient (Wildman–Crippen LogP) is 6.32.